The number of aromatic amines is 1. The van der Waals surface area contributed by atoms with Crippen LogP contribution in [0.2, 0.25) is 0 Å². The molecule has 0 atom stereocenters. The molecule has 1 saturated heterocycles. The second-order valence-electron chi connectivity index (χ2n) is 9.22. The van der Waals surface area contributed by atoms with Gasteiger partial charge >= 0.3 is 6.61 Å². The van der Waals surface area contributed by atoms with Gasteiger partial charge in [0, 0.05) is 35.3 Å². The van der Waals surface area contributed by atoms with Gasteiger partial charge in [-0.05, 0) is 29.8 Å². The van der Waals surface area contributed by atoms with E-state index in [4.69, 9.17) is 4.74 Å². The van der Waals surface area contributed by atoms with E-state index in [1.165, 1.54) is 36.3 Å². The molecule has 5 rings (SSSR count). The summed E-state index contributed by atoms with van der Waals surface area (Å²) in [6.45, 7) is -4.89. The molecule has 212 valence electrons. The van der Waals surface area contributed by atoms with Crippen molar-refractivity contribution in [1.82, 2.24) is 24.9 Å². The highest BCUT2D eigenvalue weighted by molar-refractivity contribution is 6.03. The lowest BCUT2D eigenvalue weighted by molar-refractivity contribution is -0.166. The number of carbonyl (C=O) groups excluding carboxylic acids is 1. The number of benzene rings is 2. The molecular weight excluding hydrogens is 548 g/mol. The van der Waals surface area contributed by atoms with Crippen molar-refractivity contribution in [3.63, 3.8) is 0 Å². The average Bonchev–Trinajstić information content (AvgIpc) is 3.52. The molecule has 15 heteroatoms. The summed E-state index contributed by atoms with van der Waals surface area (Å²) in [5, 5.41) is 20.6. The van der Waals surface area contributed by atoms with Crippen LogP contribution in [0.5, 0.6) is 11.5 Å². The average molecular weight is 569 g/mol. The first-order chi connectivity index (χ1) is 18.9. The third-order valence-electron chi connectivity index (χ3n) is 6.64. The standard InChI is InChI=1S/C25H21F6N5O4/c1-35-20(18-14(21(26)27)3-11(4-15(18)34-35)13-7-32-33-8-13)12-5-16(39-2)19(17(6-12)40-24(30)31)22(37)36-9-25(38,10-36)23(28)29/h3-8,21,23-24,38H,9-10H2,1-2H3,(H,32,33). The van der Waals surface area contributed by atoms with E-state index in [9.17, 15) is 36.2 Å². The Morgan fingerprint density at radius 1 is 1.05 bits per heavy atom. The van der Waals surface area contributed by atoms with E-state index in [1.54, 1.807) is 6.07 Å². The third-order valence-corrected chi connectivity index (χ3v) is 6.64. The molecule has 9 nitrogen and oxygen atoms in total. The summed E-state index contributed by atoms with van der Waals surface area (Å²) >= 11 is 0. The number of hydrogen-bond donors (Lipinski definition) is 2. The van der Waals surface area contributed by atoms with Crippen molar-refractivity contribution >= 4 is 16.8 Å². The number of aromatic nitrogens is 4. The van der Waals surface area contributed by atoms with Gasteiger partial charge in [-0.25, -0.2) is 17.6 Å². The number of nitrogens with one attached hydrogen (secondary N) is 1. The Hall–Kier alpha value is -4.27. The highest BCUT2D eigenvalue weighted by atomic mass is 19.3. The number of rotatable bonds is 8. The molecule has 1 aliphatic rings. The highest BCUT2D eigenvalue weighted by Gasteiger charge is 2.51. The zero-order valence-electron chi connectivity index (χ0n) is 20.8. The largest absolute Gasteiger partial charge is 0.496 e. The fourth-order valence-corrected chi connectivity index (χ4v) is 4.78. The van der Waals surface area contributed by atoms with Crippen molar-refractivity contribution in [2.75, 3.05) is 20.2 Å². The molecule has 2 N–H and O–H groups in total. The molecule has 0 radical (unpaired) electrons. The number of aryl methyl sites for hydroxylation is 1. The zero-order valence-corrected chi connectivity index (χ0v) is 20.8. The van der Waals surface area contributed by atoms with Gasteiger partial charge in [-0.15, -0.1) is 0 Å². The van der Waals surface area contributed by atoms with Gasteiger partial charge in [0.1, 0.15) is 17.1 Å². The molecule has 3 heterocycles. The summed E-state index contributed by atoms with van der Waals surface area (Å²) in [6, 6.07) is 5.12. The molecule has 4 aromatic rings. The summed E-state index contributed by atoms with van der Waals surface area (Å²) in [4.78, 5) is 14.0. The lowest BCUT2D eigenvalue weighted by Crippen LogP contribution is -2.67. The maximum absolute atomic E-state index is 14.3. The van der Waals surface area contributed by atoms with Crippen LogP contribution in [0.15, 0.2) is 36.7 Å². The van der Waals surface area contributed by atoms with Crippen LogP contribution in [-0.4, -0.2) is 74.7 Å². The van der Waals surface area contributed by atoms with Crippen LogP contribution in [0.3, 0.4) is 0 Å². The minimum Gasteiger partial charge on any atom is -0.496 e. The Morgan fingerprint density at radius 2 is 1.75 bits per heavy atom. The van der Waals surface area contributed by atoms with Gasteiger partial charge in [0.25, 0.3) is 18.8 Å². The number of halogens is 6. The number of aliphatic hydroxyl groups is 1. The lowest BCUT2D eigenvalue weighted by atomic mass is 9.93. The summed E-state index contributed by atoms with van der Waals surface area (Å²) in [7, 11) is 2.60. The van der Waals surface area contributed by atoms with Gasteiger partial charge in [-0.3, -0.25) is 14.6 Å². The second-order valence-corrected chi connectivity index (χ2v) is 9.22. The topological polar surface area (TPSA) is 106 Å². The van der Waals surface area contributed by atoms with Crippen molar-refractivity contribution in [2.45, 2.75) is 25.1 Å². The summed E-state index contributed by atoms with van der Waals surface area (Å²) in [5.41, 5.74) is -2.05. The number of carbonyl (C=O) groups is 1. The normalized spacial score (nSPS) is 14.8. The SMILES string of the molecule is COc1cc(-c2c3c(C(F)F)cc(-c4cn[nH]c4)cc3nn2C)cc(OC(F)F)c1C(=O)N1CC(O)(C(F)F)C1. The number of methoxy groups -OCH3 is 1. The Balaban J connectivity index is 1.67. The number of H-pyrrole nitrogens is 1. The minimum absolute atomic E-state index is 0.0265. The van der Waals surface area contributed by atoms with Crippen LogP contribution in [0, 0.1) is 0 Å². The Labute approximate surface area is 221 Å². The van der Waals surface area contributed by atoms with E-state index >= 15 is 0 Å². The smallest absolute Gasteiger partial charge is 0.387 e. The summed E-state index contributed by atoms with van der Waals surface area (Å²) in [6.07, 6.45) is -3.10. The van der Waals surface area contributed by atoms with Crippen LogP contribution in [0.1, 0.15) is 22.3 Å². The van der Waals surface area contributed by atoms with Crippen molar-refractivity contribution < 1.29 is 45.7 Å². The molecule has 1 fully saturated rings. The van der Waals surface area contributed by atoms with E-state index in [0.717, 1.165) is 18.1 Å². The minimum atomic E-state index is -3.40. The van der Waals surface area contributed by atoms with Gasteiger partial charge in [-0.1, -0.05) is 0 Å². The molecule has 2 aromatic carbocycles. The fourth-order valence-electron chi connectivity index (χ4n) is 4.78. The maximum atomic E-state index is 14.3. The summed E-state index contributed by atoms with van der Waals surface area (Å²) < 4.78 is 92.8. The quantitative estimate of drug-likeness (QED) is 0.300. The van der Waals surface area contributed by atoms with Crippen molar-refractivity contribution in [1.29, 1.82) is 0 Å². The van der Waals surface area contributed by atoms with Gasteiger partial charge in [0.05, 0.1) is 37.6 Å². The maximum Gasteiger partial charge on any atom is 0.387 e. The predicted octanol–water partition coefficient (Wildman–Crippen LogP) is 4.63. The molecule has 0 aliphatic carbocycles. The molecular formula is C25H21F6N5O4. The Morgan fingerprint density at radius 3 is 2.33 bits per heavy atom. The van der Waals surface area contributed by atoms with E-state index in [-0.39, 0.29) is 33.5 Å². The third kappa shape index (κ3) is 4.59. The summed E-state index contributed by atoms with van der Waals surface area (Å²) in [5.74, 6) is -1.96. The fraction of sp³-hybridized carbons (Fsp3) is 0.320. The first kappa shape index (κ1) is 27.3. The predicted molar refractivity (Wildman–Crippen MR) is 129 cm³/mol. The van der Waals surface area contributed by atoms with E-state index in [2.05, 4.69) is 20.0 Å². The molecule has 0 saturated carbocycles. The number of fused-ring (bicyclic) bond motifs is 1. The van der Waals surface area contributed by atoms with Crippen molar-refractivity contribution in [3.8, 4) is 33.9 Å². The lowest BCUT2D eigenvalue weighted by Gasteiger charge is -2.45. The molecule has 1 aliphatic heterocycles. The zero-order chi connectivity index (χ0) is 28.9. The Kier molecular flexibility index (Phi) is 6.85. The molecule has 1 amide bonds. The molecule has 2 aromatic heterocycles. The number of nitrogens with zero attached hydrogens (tertiary/aromatic N) is 4. The van der Waals surface area contributed by atoms with Crippen molar-refractivity contribution in [3.05, 3.63) is 47.8 Å². The van der Waals surface area contributed by atoms with Crippen LogP contribution in [0.4, 0.5) is 26.3 Å². The van der Waals surface area contributed by atoms with Crippen molar-refractivity contribution in [2.24, 2.45) is 7.05 Å². The molecule has 40 heavy (non-hydrogen) atoms. The van der Waals surface area contributed by atoms with E-state index in [0.29, 0.717) is 11.1 Å². The van der Waals surface area contributed by atoms with Gasteiger partial charge in [0.15, 0.2) is 5.60 Å². The van der Waals surface area contributed by atoms with Crippen LogP contribution >= 0.6 is 0 Å². The number of amides is 1. The number of hydrogen-bond acceptors (Lipinski definition) is 6. The number of likely N-dealkylation sites (tertiary alicyclic amines) is 1. The van der Waals surface area contributed by atoms with E-state index < -0.39 is 55.4 Å². The Bertz CT molecular complexity index is 1570. The molecule has 0 bridgehead atoms. The first-order valence-electron chi connectivity index (χ1n) is 11.7. The number of alkyl halides is 6. The highest BCUT2D eigenvalue weighted by Crippen LogP contribution is 2.43. The van der Waals surface area contributed by atoms with Gasteiger partial charge in [-0.2, -0.15) is 19.0 Å². The van der Waals surface area contributed by atoms with E-state index in [1.807, 2.05) is 0 Å². The van der Waals surface area contributed by atoms with Crippen LogP contribution < -0.4 is 9.47 Å². The van der Waals surface area contributed by atoms with Gasteiger partial charge in [0.2, 0.25) is 0 Å². The second kappa shape index (κ2) is 10.0. The monoisotopic (exact) mass is 569 g/mol. The number of ether oxygens (including phenoxy) is 2. The molecule has 0 unspecified atom stereocenters. The number of β-amino-alcohol motifs (C(OH)–C–C–N with tert-alkyl or cyclic N) is 1. The first-order valence-corrected chi connectivity index (χ1v) is 11.7. The molecule has 0 spiro atoms. The van der Waals surface area contributed by atoms with Gasteiger partial charge < -0.3 is 19.5 Å². The van der Waals surface area contributed by atoms with Crippen LogP contribution in [-0.2, 0) is 7.05 Å². The van der Waals surface area contributed by atoms with Crippen LogP contribution in [0.25, 0.3) is 33.3 Å².